The van der Waals surface area contributed by atoms with Gasteiger partial charge in [-0.05, 0) is 19.1 Å². The van der Waals surface area contributed by atoms with Crippen molar-refractivity contribution in [2.45, 2.75) is 26.3 Å². The minimum atomic E-state index is -0.648. The molecule has 3 heteroatoms. The van der Waals surface area contributed by atoms with E-state index in [-0.39, 0.29) is 6.61 Å². The van der Waals surface area contributed by atoms with Crippen molar-refractivity contribution in [3.8, 4) is 0 Å². The fourth-order valence-electron chi connectivity index (χ4n) is 1.07. The third-order valence-electron chi connectivity index (χ3n) is 2.83. The molecule has 0 aliphatic carbocycles. The summed E-state index contributed by atoms with van der Waals surface area (Å²) in [6, 6.07) is 3.63. The van der Waals surface area contributed by atoms with Crippen LogP contribution in [0, 0.1) is 5.41 Å². The van der Waals surface area contributed by atoms with E-state index in [2.05, 4.69) is 0 Å². The molecular formula is C10H17NO2. The molecule has 0 spiro atoms. The van der Waals surface area contributed by atoms with Gasteiger partial charge in [0.05, 0.1) is 18.4 Å². The summed E-state index contributed by atoms with van der Waals surface area (Å²) in [6.07, 6.45) is 1.59. The zero-order valence-electron chi connectivity index (χ0n) is 8.37. The van der Waals surface area contributed by atoms with E-state index in [1.807, 2.05) is 26.8 Å². The predicted octanol–water partition coefficient (Wildman–Crippen LogP) is 1.47. The molecule has 1 rings (SSSR count). The van der Waals surface area contributed by atoms with Crippen LogP contribution in [0.5, 0.6) is 0 Å². The SMILES string of the molecule is CC(C)(CO)[C@](C)(N)c1ccco1. The highest BCUT2D eigenvalue weighted by molar-refractivity contribution is 5.14. The highest BCUT2D eigenvalue weighted by Gasteiger charge is 2.40. The Morgan fingerprint density at radius 3 is 2.46 bits per heavy atom. The summed E-state index contributed by atoms with van der Waals surface area (Å²) < 4.78 is 5.25. The van der Waals surface area contributed by atoms with Crippen LogP contribution in [0.25, 0.3) is 0 Å². The molecule has 3 N–H and O–H groups in total. The molecule has 0 amide bonds. The van der Waals surface area contributed by atoms with Crippen LogP contribution in [0.2, 0.25) is 0 Å². The number of nitrogens with two attached hydrogens (primary N) is 1. The summed E-state index contributed by atoms with van der Waals surface area (Å²) in [6.45, 7) is 5.72. The van der Waals surface area contributed by atoms with Gasteiger partial charge in [-0.3, -0.25) is 0 Å². The molecule has 0 bridgehead atoms. The highest BCUT2D eigenvalue weighted by Crippen LogP contribution is 2.36. The molecule has 0 fully saturated rings. The molecule has 1 aromatic heterocycles. The first-order chi connectivity index (χ1) is 5.92. The number of aliphatic hydroxyl groups is 1. The van der Waals surface area contributed by atoms with Gasteiger partial charge in [-0.25, -0.2) is 0 Å². The molecule has 3 nitrogen and oxygen atoms in total. The molecule has 0 radical (unpaired) electrons. The topological polar surface area (TPSA) is 59.4 Å². The van der Waals surface area contributed by atoms with E-state index in [1.54, 1.807) is 12.3 Å². The van der Waals surface area contributed by atoms with Crippen molar-refractivity contribution >= 4 is 0 Å². The summed E-state index contributed by atoms with van der Waals surface area (Å²) in [5.41, 5.74) is 5.07. The predicted molar refractivity (Wildman–Crippen MR) is 51.1 cm³/mol. The first-order valence-corrected chi connectivity index (χ1v) is 4.35. The van der Waals surface area contributed by atoms with Gasteiger partial charge in [-0.1, -0.05) is 13.8 Å². The Balaban J connectivity index is 3.02. The summed E-state index contributed by atoms with van der Waals surface area (Å²) in [4.78, 5) is 0. The molecular weight excluding hydrogens is 166 g/mol. The van der Waals surface area contributed by atoms with Gasteiger partial charge in [0.15, 0.2) is 0 Å². The molecule has 0 aromatic carbocycles. The van der Waals surface area contributed by atoms with E-state index in [4.69, 9.17) is 10.2 Å². The standard InChI is InChI=1S/C10H17NO2/c1-9(2,7-12)10(3,11)8-5-4-6-13-8/h4-6,12H,7,11H2,1-3H3/t10-/m1/s1. The summed E-state index contributed by atoms with van der Waals surface area (Å²) in [5.74, 6) is 0.701. The minimum absolute atomic E-state index is 0.0285. The van der Waals surface area contributed by atoms with Gasteiger partial charge < -0.3 is 15.3 Å². The maximum Gasteiger partial charge on any atom is 0.123 e. The van der Waals surface area contributed by atoms with E-state index in [0.717, 1.165) is 0 Å². The van der Waals surface area contributed by atoms with E-state index < -0.39 is 11.0 Å². The first-order valence-electron chi connectivity index (χ1n) is 4.35. The lowest BCUT2D eigenvalue weighted by Gasteiger charge is -2.38. The van der Waals surface area contributed by atoms with Gasteiger partial charge in [0.2, 0.25) is 0 Å². The number of aliphatic hydroxyl groups excluding tert-OH is 1. The molecule has 0 aliphatic rings. The second-order valence-corrected chi connectivity index (χ2v) is 4.22. The average Bonchev–Trinajstić information content (AvgIpc) is 2.56. The maximum absolute atomic E-state index is 9.21. The van der Waals surface area contributed by atoms with E-state index in [9.17, 15) is 5.11 Å². The average molecular weight is 183 g/mol. The molecule has 1 aromatic rings. The number of hydrogen-bond acceptors (Lipinski definition) is 3. The summed E-state index contributed by atoms with van der Waals surface area (Å²) >= 11 is 0. The molecule has 13 heavy (non-hydrogen) atoms. The molecule has 0 unspecified atom stereocenters. The Labute approximate surface area is 78.5 Å². The quantitative estimate of drug-likeness (QED) is 0.746. The van der Waals surface area contributed by atoms with Crippen molar-refractivity contribution in [3.63, 3.8) is 0 Å². The van der Waals surface area contributed by atoms with Crippen LogP contribution in [0.4, 0.5) is 0 Å². The summed E-state index contributed by atoms with van der Waals surface area (Å²) in [7, 11) is 0. The van der Waals surface area contributed by atoms with Crippen LogP contribution in [0.3, 0.4) is 0 Å². The van der Waals surface area contributed by atoms with Gasteiger partial charge in [-0.2, -0.15) is 0 Å². The second kappa shape index (κ2) is 3.16. The van der Waals surface area contributed by atoms with E-state index in [1.165, 1.54) is 0 Å². The van der Waals surface area contributed by atoms with Gasteiger partial charge in [-0.15, -0.1) is 0 Å². The van der Waals surface area contributed by atoms with Crippen molar-refractivity contribution in [2.75, 3.05) is 6.61 Å². The number of furan rings is 1. The first kappa shape index (κ1) is 10.3. The fraction of sp³-hybridized carbons (Fsp3) is 0.600. The zero-order chi connectivity index (χ0) is 10.1. The van der Waals surface area contributed by atoms with Crippen molar-refractivity contribution < 1.29 is 9.52 Å². The third kappa shape index (κ3) is 1.62. The van der Waals surface area contributed by atoms with Crippen molar-refractivity contribution in [2.24, 2.45) is 11.1 Å². The minimum Gasteiger partial charge on any atom is -0.467 e. The largest absolute Gasteiger partial charge is 0.467 e. The van der Waals surface area contributed by atoms with E-state index >= 15 is 0 Å². The van der Waals surface area contributed by atoms with Crippen molar-refractivity contribution in [1.82, 2.24) is 0 Å². The van der Waals surface area contributed by atoms with Crippen molar-refractivity contribution in [1.29, 1.82) is 0 Å². The normalized spacial score (nSPS) is 17.0. The maximum atomic E-state index is 9.21. The van der Waals surface area contributed by atoms with Gasteiger partial charge in [0.25, 0.3) is 0 Å². The highest BCUT2D eigenvalue weighted by atomic mass is 16.3. The lowest BCUT2D eigenvalue weighted by Crippen LogP contribution is -2.49. The van der Waals surface area contributed by atoms with Crippen LogP contribution in [-0.4, -0.2) is 11.7 Å². The Morgan fingerprint density at radius 1 is 1.46 bits per heavy atom. The Bertz CT molecular complexity index is 262. The van der Waals surface area contributed by atoms with E-state index in [0.29, 0.717) is 5.76 Å². The zero-order valence-corrected chi connectivity index (χ0v) is 8.37. The smallest absolute Gasteiger partial charge is 0.123 e. The lowest BCUT2D eigenvalue weighted by atomic mass is 9.73. The van der Waals surface area contributed by atoms with Gasteiger partial charge in [0.1, 0.15) is 5.76 Å². The molecule has 0 aliphatic heterocycles. The Hall–Kier alpha value is -0.800. The van der Waals surface area contributed by atoms with Crippen LogP contribution in [-0.2, 0) is 5.54 Å². The van der Waals surface area contributed by atoms with Crippen LogP contribution in [0.1, 0.15) is 26.5 Å². The molecule has 1 heterocycles. The van der Waals surface area contributed by atoms with Crippen LogP contribution in [0.15, 0.2) is 22.8 Å². The molecule has 0 saturated carbocycles. The second-order valence-electron chi connectivity index (χ2n) is 4.22. The molecule has 0 saturated heterocycles. The molecule has 74 valence electrons. The fourth-order valence-corrected chi connectivity index (χ4v) is 1.07. The van der Waals surface area contributed by atoms with Crippen LogP contribution < -0.4 is 5.73 Å². The number of hydrogen-bond donors (Lipinski definition) is 2. The van der Waals surface area contributed by atoms with Crippen LogP contribution >= 0.6 is 0 Å². The van der Waals surface area contributed by atoms with Gasteiger partial charge in [0, 0.05) is 5.41 Å². The Morgan fingerprint density at radius 2 is 2.08 bits per heavy atom. The van der Waals surface area contributed by atoms with Gasteiger partial charge >= 0.3 is 0 Å². The monoisotopic (exact) mass is 183 g/mol. The Kier molecular flexibility index (Phi) is 2.50. The molecule has 1 atom stereocenters. The van der Waals surface area contributed by atoms with Crippen molar-refractivity contribution in [3.05, 3.63) is 24.2 Å². The summed E-state index contributed by atoms with van der Waals surface area (Å²) in [5, 5.41) is 9.21. The lowest BCUT2D eigenvalue weighted by molar-refractivity contribution is 0.0677. The third-order valence-corrected chi connectivity index (χ3v) is 2.83. The number of rotatable bonds is 3.